The van der Waals surface area contributed by atoms with Crippen molar-refractivity contribution in [1.82, 2.24) is 5.32 Å². The maximum atomic E-state index is 14.3. The van der Waals surface area contributed by atoms with Crippen LogP contribution >= 0.6 is 7.37 Å². The van der Waals surface area contributed by atoms with E-state index in [4.69, 9.17) is 44.7 Å². The van der Waals surface area contributed by atoms with Crippen molar-refractivity contribution < 1.29 is 124 Å². The van der Waals surface area contributed by atoms with Crippen LogP contribution in [0.15, 0.2) is 150 Å². The molecule has 29 nitrogen and oxygen atoms in total. The number of hydrogen-bond donors (Lipinski definition) is 6. The fourth-order valence-electron chi connectivity index (χ4n) is 13.5. The molecule has 0 aromatic heterocycles. The molecule has 2 aliphatic heterocycles. The number of anilines is 1. The minimum atomic E-state index is -4.39. The predicted molar refractivity (Wildman–Crippen MR) is 404 cm³/mol. The number of unbranched alkanes of at least 4 members (excludes halogenated alkanes) is 6. The number of fused-ring (bicyclic) bond motifs is 2. The molecule has 1 amide bonds. The number of carbonyl (C=O) groups is 6. The molecule has 110 heavy (non-hydrogen) atoms. The molecule has 2 heterocycles. The Bertz CT molecular complexity index is 4570. The normalized spacial score (nSPS) is 16.2. The van der Waals surface area contributed by atoms with Gasteiger partial charge in [-0.25, -0.2) is 8.42 Å². The number of rotatable bonds is 42. The summed E-state index contributed by atoms with van der Waals surface area (Å²) in [5.41, 5.74) is 8.42. The first-order chi connectivity index (χ1) is 51.7. The fraction of sp³-hybridized carbons (Fsp3) is 0.474. The van der Waals surface area contributed by atoms with Gasteiger partial charge in [0.2, 0.25) is 19.0 Å². The summed E-state index contributed by atoms with van der Waals surface area (Å²) in [5.74, 6) is -6.63. The van der Waals surface area contributed by atoms with Gasteiger partial charge in [0.25, 0.3) is 10.1 Å². The predicted octanol–water partition coefficient (Wildman–Crippen LogP) is 9.99. The summed E-state index contributed by atoms with van der Waals surface area (Å²) in [4.78, 5) is 105. The SMILES string of the molecule is CC1(C)C(=CC=C2CCCC(C=CC3=[N+](CCCCS(=O)(=O)O)c4ccccc4C3(C)C)=C2Oc2ccc(C[C@H](CC(=O)[C@H](Cc3ccccc3)NC(=O)CCCCCCC(=O)CC[C@H](CP(=O)(O)CCCCC(=O)O)C(=O)O)C(=O)O)cc2)N(CCCCS(=O)(=O)[O-])c2ccccc21.O=C=O.O=S(=O)=O.O=S(=O)=O. The van der Waals surface area contributed by atoms with Crippen LogP contribution in [0.1, 0.15) is 172 Å². The highest BCUT2D eigenvalue weighted by atomic mass is 32.2. The molecule has 0 saturated heterocycles. The van der Waals surface area contributed by atoms with Crippen LogP contribution in [-0.2, 0) is 108 Å². The summed E-state index contributed by atoms with van der Waals surface area (Å²) in [5, 5.41) is 32.0. The van der Waals surface area contributed by atoms with Gasteiger partial charge in [0, 0.05) is 97.7 Å². The smallest absolute Gasteiger partial charge is 0.425 e. The Kier molecular flexibility index (Phi) is 38.5. The number of carboxylic acids is 3. The molecule has 1 aliphatic carbocycles. The molecule has 4 aromatic rings. The lowest BCUT2D eigenvalue weighted by Gasteiger charge is -2.28. The second-order valence-electron chi connectivity index (χ2n) is 27.8. The molecule has 1 unspecified atom stereocenters. The molecule has 3 aliphatic rings. The van der Waals surface area contributed by atoms with Crippen molar-refractivity contribution in [1.29, 1.82) is 0 Å². The summed E-state index contributed by atoms with van der Waals surface area (Å²) >= 11 is 0. The van der Waals surface area contributed by atoms with Crippen molar-refractivity contribution in [2.45, 2.75) is 179 Å². The second kappa shape index (κ2) is 45.3. The third-order valence-corrected chi connectivity index (χ3v) is 22.5. The van der Waals surface area contributed by atoms with Gasteiger partial charge >= 0.3 is 45.3 Å². The Morgan fingerprint density at radius 3 is 1.85 bits per heavy atom. The molecule has 0 saturated carbocycles. The zero-order valence-electron chi connectivity index (χ0n) is 61.7. The molecule has 7 rings (SSSR count). The minimum absolute atomic E-state index is 0.0157. The molecule has 600 valence electrons. The first kappa shape index (κ1) is 93.3. The number of nitrogens with zero attached hydrogens (tertiary/aromatic N) is 2. The quantitative estimate of drug-likeness (QED) is 0.0104. The van der Waals surface area contributed by atoms with Gasteiger partial charge in [-0.3, -0.25) is 37.9 Å². The summed E-state index contributed by atoms with van der Waals surface area (Å²) < 4.78 is 140. The van der Waals surface area contributed by atoms with E-state index in [9.17, 15) is 74.4 Å². The number of benzene rings is 4. The summed E-state index contributed by atoms with van der Waals surface area (Å²) in [6.45, 7) is 9.55. The molecule has 4 atom stereocenters. The summed E-state index contributed by atoms with van der Waals surface area (Å²) in [6, 6.07) is 31.3. The maximum Gasteiger partial charge on any atom is 0.425 e. The zero-order chi connectivity index (χ0) is 82.0. The van der Waals surface area contributed by atoms with E-state index in [0.717, 1.165) is 57.0 Å². The molecule has 6 N–H and O–H groups in total. The molecular formula is C76H96N3O26PS4. The van der Waals surface area contributed by atoms with Crippen LogP contribution in [0.5, 0.6) is 5.75 Å². The standard InChI is InChI=1S/C75H96N3O18PS2.CO2.2O3S/c1-74(2)61-28-12-14-30-64(61)77(44-17-20-47-98(90,91)92)67(74)42-37-55-25-22-26-56(38-43-68-75(3,4)62-29-13-15-31-65(62)78(68)45-18-21-48-99(93,94)95)71(55)96-60-40-34-54(35-41-60)49-58(73(86)87)51-66(80)63(50-53-23-8-7-9-24-53)76-69(81)32-11-6-5-10-27-59(79)39-36-57(72(84)85)52-97(88,89)46-19-16-33-70(82)83;2-1-3;2*1-4(2)3/h7-9,12-15,23-24,28-31,34-35,37-38,40-43,57-58,63H,5-6,10-11,16-22,25-27,32-33,36,39,44-52H2,1-4H3,(H6-,76,81,82,83,84,85,86,87,88,89,90,91,92,93,94,95);;;/t57-,58-,63+;;;/m1.../s1. The van der Waals surface area contributed by atoms with Crippen molar-refractivity contribution in [2.24, 2.45) is 11.8 Å². The monoisotopic (exact) mass is 1630 g/mol. The number of para-hydroxylation sites is 2. The van der Waals surface area contributed by atoms with E-state index in [1.807, 2.05) is 54.6 Å². The molecule has 4 aromatic carbocycles. The fourth-order valence-corrected chi connectivity index (χ4v) is 16.5. The Labute approximate surface area is 643 Å². The van der Waals surface area contributed by atoms with Gasteiger partial charge in [-0.1, -0.05) is 112 Å². The van der Waals surface area contributed by atoms with Crippen LogP contribution in [0.25, 0.3) is 0 Å². The largest absolute Gasteiger partial charge is 0.748 e. The minimum Gasteiger partial charge on any atom is -0.748 e. The van der Waals surface area contributed by atoms with Crippen LogP contribution in [-0.4, -0.2) is 166 Å². The lowest BCUT2D eigenvalue weighted by atomic mass is 9.81. The molecular weight excluding hydrogens is 1530 g/mol. The van der Waals surface area contributed by atoms with Gasteiger partial charge in [-0.15, -0.1) is 25.3 Å². The van der Waals surface area contributed by atoms with Gasteiger partial charge < -0.3 is 39.7 Å². The highest BCUT2D eigenvalue weighted by Gasteiger charge is 2.44. The van der Waals surface area contributed by atoms with E-state index in [0.29, 0.717) is 81.5 Å². The van der Waals surface area contributed by atoms with E-state index in [1.165, 1.54) is 0 Å². The first-order valence-corrected chi connectivity index (χ1v) is 42.9. The van der Waals surface area contributed by atoms with Crippen LogP contribution < -0.4 is 15.0 Å². The average Bonchev–Trinajstić information content (AvgIpc) is 1.60. The van der Waals surface area contributed by atoms with E-state index in [-0.39, 0.29) is 101 Å². The van der Waals surface area contributed by atoms with Crippen LogP contribution in [0, 0.1) is 11.8 Å². The highest BCUT2D eigenvalue weighted by Crippen LogP contribution is 2.49. The Balaban J connectivity index is 0.00000217. The number of ether oxygens (including phenoxy) is 1. The van der Waals surface area contributed by atoms with Gasteiger partial charge in [0.1, 0.15) is 23.8 Å². The third kappa shape index (κ3) is 32.9. The number of aliphatic carboxylic acids is 3. The number of Topliss-reactive ketones (excluding diaryl/α,β-unsaturated/α-hetero) is 2. The molecule has 34 heteroatoms. The van der Waals surface area contributed by atoms with Crippen LogP contribution in [0.4, 0.5) is 11.4 Å². The molecule has 0 spiro atoms. The van der Waals surface area contributed by atoms with Crippen molar-refractivity contribution in [3.63, 3.8) is 0 Å². The summed E-state index contributed by atoms with van der Waals surface area (Å²) in [7, 11) is -18.6. The number of carboxylic acid groups (broad SMARTS) is 3. The summed E-state index contributed by atoms with van der Waals surface area (Å²) in [6.07, 6.45) is 13.4. The maximum absolute atomic E-state index is 14.3. The highest BCUT2D eigenvalue weighted by molar-refractivity contribution is 7.86. The Morgan fingerprint density at radius 2 is 1.24 bits per heavy atom. The number of nitrogens with one attached hydrogen (secondary N) is 1. The number of ketones is 2. The van der Waals surface area contributed by atoms with Gasteiger partial charge in [-0.05, 0) is 156 Å². The molecule has 0 bridgehead atoms. The van der Waals surface area contributed by atoms with Crippen molar-refractivity contribution in [3.05, 3.63) is 172 Å². The van der Waals surface area contributed by atoms with E-state index < -0.39 is 119 Å². The van der Waals surface area contributed by atoms with E-state index in [2.05, 4.69) is 78.9 Å². The van der Waals surface area contributed by atoms with Gasteiger partial charge in [0.05, 0.1) is 39.2 Å². The van der Waals surface area contributed by atoms with Crippen molar-refractivity contribution in [3.8, 4) is 5.75 Å². The molecule has 0 fully saturated rings. The topological polar surface area (TPSA) is 476 Å². The van der Waals surface area contributed by atoms with E-state index >= 15 is 0 Å². The van der Waals surface area contributed by atoms with Crippen molar-refractivity contribution in [2.75, 3.05) is 41.8 Å². The zero-order valence-corrected chi connectivity index (χ0v) is 65.9. The van der Waals surface area contributed by atoms with Crippen LogP contribution in [0.3, 0.4) is 0 Å². The molecule has 0 radical (unpaired) electrons. The Morgan fingerprint density at radius 1 is 0.664 bits per heavy atom. The van der Waals surface area contributed by atoms with Gasteiger partial charge in [0.15, 0.2) is 11.5 Å². The second-order valence-corrected chi connectivity index (χ2v) is 34.2. The first-order valence-electron chi connectivity index (χ1n) is 35.7. The average molecular weight is 1630 g/mol. The van der Waals surface area contributed by atoms with E-state index in [1.54, 1.807) is 36.4 Å². The lowest BCUT2D eigenvalue weighted by molar-refractivity contribution is -0.438. The van der Waals surface area contributed by atoms with Crippen molar-refractivity contribution >= 4 is 107 Å². The van der Waals surface area contributed by atoms with Gasteiger partial charge in [-0.2, -0.15) is 22.6 Å². The number of amides is 1. The Hall–Kier alpha value is -9.04. The van der Waals surface area contributed by atoms with Crippen LogP contribution in [0.2, 0.25) is 0 Å². The number of allylic oxidation sites excluding steroid dienone is 7. The lowest BCUT2D eigenvalue weighted by Crippen LogP contribution is -2.43. The third-order valence-electron chi connectivity index (χ3n) is 18.8. The number of carbonyl (C=O) groups excluding carboxylic acids is 5. The number of hydrogen-bond acceptors (Lipinski definition) is 22.